The van der Waals surface area contributed by atoms with Gasteiger partial charge in [0.1, 0.15) is 23.0 Å². The molecule has 0 N–H and O–H groups in total. The summed E-state index contributed by atoms with van der Waals surface area (Å²) in [5, 5.41) is 5.42. The van der Waals surface area contributed by atoms with Crippen LogP contribution >= 0.6 is 15.9 Å². The number of hydrogen-bond donors (Lipinski definition) is 0. The first-order valence-electron chi connectivity index (χ1n) is 7.86. The van der Waals surface area contributed by atoms with E-state index in [2.05, 4.69) is 31.0 Å². The molecular weight excluding hydrogens is 418 g/mol. The highest BCUT2D eigenvalue weighted by Crippen LogP contribution is 2.36. The highest BCUT2D eigenvalue weighted by molar-refractivity contribution is 9.10. The molecule has 7 nitrogen and oxygen atoms in total. The Bertz CT molecular complexity index is 1150. The van der Waals surface area contributed by atoms with Crippen LogP contribution in [0.4, 0.5) is 0 Å². The molecule has 0 spiro atoms. The van der Waals surface area contributed by atoms with E-state index >= 15 is 0 Å². The quantitative estimate of drug-likeness (QED) is 0.462. The van der Waals surface area contributed by atoms with Gasteiger partial charge in [-0.05, 0) is 21.5 Å². The van der Waals surface area contributed by atoms with E-state index in [4.69, 9.17) is 4.74 Å². The highest BCUT2D eigenvalue weighted by atomic mass is 79.9. The van der Waals surface area contributed by atoms with E-state index in [0.29, 0.717) is 22.7 Å². The maximum Gasteiger partial charge on any atom is 0.229 e. The lowest BCUT2D eigenvalue weighted by atomic mass is 10.2. The molecule has 4 aromatic rings. The molecule has 4 rings (SSSR count). The molecule has 0 fully saturated rings. The zero-order valence-corrected chi connectivity index (χ0v) is 16.8. The van der Waals surface area contributed by atoms with Crippen molar-refractivity contribution < 1.29 is 8.95 Å². The fourth-order valence-corrected chi connectivity index (χ4v) is 4.10. The molecule has 1 unspecified atom stereocenters. The average molecular weight is 434 g/mol. The largest absolute Gasteiger partial charge is 0.472 e. The smallest absolute Gasteiger partial charge is 0.229 e. The van der Waals surface area contributed by atoms with Crippen LogP contribution < -0.4 is 4.74 Å². The minimum Gasteiger partial charge on any atom is -0.472 e. The summed E-state index contributed by atoms with van der Waals surface area (Å²) in [5.74, 6) is 0.408. The summed E-state index contributed by atoms with van der Waals surface area (Å²) in [6.45, 7) is 0.359. The van der Waals surface area contributed by atoms with Crippen LogP contribution in [-0.4, -0.2) is 34.8 Å². The molecule has 0 bridgehead atoms. The zero-order valence-electron chi connectivity index (χ0n) is 14.4. The molecule has 3 heterocycles. The van der Waals surface area contributed by atoms with Gasteiger partial charge in [0.25, 0.3) is 0 Å². The van der Waals surface area contributed by atoms with Crippen molar-refractivity contribution in [2.75, 3.05) is 6.26 Å². The van der Waals surface area contributed by atoms with Gasteiger partial charge in [0, 0.05) is 20.4 Å². The van der Waals surface area contributed by atoms with Crippen molar-refractivity contribution in [3.63, 3.8) is 0 Å². The molecule has 1 aromatic carbocycles. The summed E-state index contributed by atoms with van der Waals surface area (Å²) in [6, 6.07) is 9.84. The second kappa shape index (κ2) is 6.48. The standard InChI is InChI=1S/C17H16BrN5O2S/c1-22-13-12(23(2)21-14(13)18)11-15(22)19-17(26(3)24)20-16(11)25-9-10-7-5-4-6-8-10/h4-8H,9H2,1-3H3. The molecule has 0 saturated carbocycles. The number of benzene rings is 1. The number of aromatic nitrogens is 5. The van der Waals surface area contributed by atoms with Crippen molar-refractivity contribution >= 4 is 48.8 Å². The number of halogens is 1. The van der Waals surface area contributed by atoms with E-state index in [0.717, 1.165) is 22.0 Å². The molecule has 134 valence electrons. The summed E-state index contributed by atoms with van der Waals surface area (Å²) < 4.78 is 22.4. The first kappa shape index (κ1) is 17.2. The molecule has 0 aliphatic rings. The van der Waals surface area contributed by atoms with Crippen molar-refractivity contribution in [3.8, 4) is 5.88 Å². The van der Waals surface area contributed by atoms with Crippen LogP contribution in [0.3, 0.4) is 0 Å². The minimum atomic E-state index is -1.32. The molecule has 26 heavy (non-hydrogen) atoms. The molecule has 0 saturated heterocycles. The summed E-state index contributed by atoms with van der Waals surface area (Å²) >= 11 is 3.49. The van der Waals surface area contributed by atoms with Crippen LogP contribution in [0.5, 0.6) is 5.88 Å². The second-order valence-corrected chi connectivity index (χ2v) is 7.93. The van der Waals surface area contributed by atoms with Crippen LogP contribution in [-0.2, 0) is 31.5 Å². The van der Waals surface area contributed by atoms with E-state index < -0.39 is 10.8 Å². The summed E-state index contributed by atoms with van der Waals surface area (Å²) in [6.07, 6.45) is 1.56. The van der Waals surface area contributed by atoms with Crippen molar-refractivity contribution in [3.05, 3.63) is 40.5 Å². The van der Waals surface area contributed by atoms with Gasteiger partial charge in [-0.1, -0.05) is 30.3 Å². The van der Waals surface area contributed by atoms with E-state index in [9.17, 15) is 4.21 Å². The highest BCUT2D eigenvalue weighted by Gasteiger charge is 2.23. The minimum absolute atomic E-state index is 0.246. The van der Waals surface area contributed by atoms with Crippen molar-refractivity contribution in [2.24, 2.45) is 14.1 Å². The lowest BCUT2D eigenvalue weighted by Gasteiger charge is -2.09. The Morgan fingerprint density at radius 2 is 1.88 bits per heavy atom. The van der Waals surface area contributed by atoms with Gasteiger partial charge >= 0.3 is 0 Å². The van der Waals surface area contributed by atoms with Gasteiger partial charge in [-0.25, -0.2) is 4.98 Å². The summed E-state index contributed by atoms with van der Waals surface area (Å²) in [7, 11) is 2.44. The Morgan fingerprint density at radius 3 is 2.58 bits per heavy atom. The van der Waals surface area contributed by atoms with Gasteiger partial charge in [-0.15, -0.1) is 0 Å². The number of nitrogens with zero attached hydrogens (tertiary/aromatic N) is 5. The van der Waals surface area contributed by atoms with Crippen LogP contribution in [0, 0.1) is 0 Å². The van der Waals surface area contributed by atoms with Crippen LogP contribution in [0.15, 0.2) is 40.1 Å². The van der Waals surface area contributed by atoms with E-state index in [1.165, 1.54) is 0 Å². The fourth-order valence-electron chi connectivity index (χ4n) is 2.98. The molecule has 0 aliphatic carbocycles. The van der Waals surface area contributed by atoms with Crippen molar-refractivity contribution in [1.82, 2.24) is 24.3 Å². The third-order valence-electron chi connectivity index (χ3n) is 4.18. The van der Waals surface area contributed by atoms with Gasteiger partial charge in [0.15, 0.2) is 10.3 Å². The fraction of sp³-hybridized carbons (Fsp3) is 0.235. The Labute approximate surface area is 160 Å². The molecule has 0 amide bonds. The Balaban J connectivity index is 1.95. The van der Waals surface area contributed by atoms with Gasteiger partial charge in [0.05, 0.1) is 10.8 Å². The molecular formula is C17H16BrN5O2S. The maximum atomic E-state index is 12.0. The molecule has 0 radical (unpaired) electrons. The average Bonchev–Trinajstić information content (AvgIpc) is 3.09. The third kappa shape index (κ3) is 2.71. The first-order chi connectivity index (χ1) is 12.5. The van der Waals surface area contributed by atoms with E-state index in [1.54, 1.807) is 10.9 Å². The number of hydrogen-bond acceptors (Lipinski definition) is 5. The second-order valence-electron chi connectivity index (χ2n) is 5.91. The van der Waals surface area contributed by atoms with Crippen LogP contribution in [0.2, 0.25) is 0 Å². The van der Waals surface area contributed by atoms with Crippen LogP contribution in [0.1, 0.15) is 5.56 Å². The molecule has 3 aromatic heterocycles. The van der Waals surface area contributed by atoms with E-state index in [-0.39, 0.29) is 5.16 Å². The SMILES string of the molecule is Cn1nc(Br)c2c1c1c(OCc3ccccc3)nc(S(C)=O)nc1n2C. The Hall–Kier alpha value is -2.26. The number of aryl methyl sites for hydroxylation is 2. The van der Waals surface area contributed by atoms with Crippen molar-refractivity contribution in [2.45, 2.75) is 11.8 Å². The first-order valence-corrected chi connectivity index (χ1v) is 10.2. The lowest BCUT2D eigenvalue weighted by molar-refractivity contribution is 0.295. The maximum absolute atomic E-state index is 12.0. The van der Waals surface area contributed by atoms with Crippen LogP contribution in [0.25, 0.3) is 22.1 Å². The number of fused-ring (bicyclic) bond motifs is 3. The van der Waals surface area contributed by atoms with Gasteiger partial charge in [-0.3, -0.25) is 8.89 Å². The van der Waals surface area contributed by atoms with Gasteiger partial charge in [-0.2, -0.15) is 10.1 Å². The van der Waals surface area contributed by atoms with Crippen molar-refractivity contribution in [1.29, 1.82) is 0 Å². The Kier molecular flexibility index (Phi) is 4.28. The summed E-state index contributed by atoms with van der Waals surface area (Å²) in [4.78, 5) is 8.92. The van der Waals surface area contributed by atoms with E-state index in [1.807, 2.05) is 49.0 Å². The topological polar surface area (TPSA) is 74.8 Å². The van der Waals surface area contributed by atoms with Gasteiger partial charge < -0.3 is 9.30 Å². The predicted octanol–water partition coefficient (Wildman–Crippen LogP) is 2.93. The zero-order chi connectivity index (χ0) is 18.4. The predicted molar refractivity (Wildman–Crippen MR) is 104 cm³/mol. The monoisotopic (exact) mass is 433 g/mol. The molecule has 1 atom stereocenters. The summed E-state index contributed by atoms with van der Waals surface area (Å²) in [5.41, 5.74) is 3.44. The number of ether oxygens (including phenoxy) is 1. The normalized spacial score (nSPS) is 12.8. The Morgan fingerprint density at radius 1 is 1.15 bits per heavy atom. The lowest BCUT2D eigenvalue weighted by Crippen LogP contribution is -2.05. The molecule has 9 heteroatoms. The number of rotatable bonds is 4. The molecule has 0 aliphatic heterocycles. The third-order valence-corrected chi connectivity index (χ3v) is 5.41. The van der Waals surface area contributed by atoms with Gasteiger partial charge in [0.2, 0.25) is 11.0 Å².